The molecule has 0 amide bonds. The lowest BCUT2D eigenvalue weighted by Crippen LogP contribution is -2.16. The molecule has 10 heteroatoms. The zero-order valence-corrected chi connectivity index (χ0v) is 10.2. The van der Waals surface area contributed by atoms with Crippen LogP contribution in [-0.2, 0) is 9.13 Å². The van der Waals surface area contributed by atoms with Crippen molar-refractivity contribution in [2.45, 2.75) is 5.52 Å². The van der Waals surface area contributed by atoms with E-state index in [2.05, 4.69) is 10.3 Å². The molecule has 2 unspecified atom stereocenters. The number of rotatable bonds is 4. The summed E-state index contributed by atoms with van der Waals surface area (Å²) >= 11 is 5.55. The fraction of sp³-hybridized carbons (Fsp3) is 0.167. The summed E-state index contributed by atoms with van der Waals surface area (Å²) in [6.07, 6.45) is 1.24. The second-order valence-corrected chi connectivity index (χ2v) is 6.43. The Labute approximate surface area is 96.5 Å². The van der Waals surface area contributed by atoms with Crippen molar-refractivity contribution in [2.24, 2.45) is 0 Å². The standard InChI is InChI=1S/C6H7ClN2O5P2/c7-4-1-2-5(8-3-4)9-6(15(10)11)16(12,13)14/h1-3,6H,(H3-,8,9,10,11,12,13,14)/p+1. The topological polar surface area (TPSA) is 120 Å². The van der Waals surface area contributed by atoms with Crippen LogP contribution in [0.1, 0.15) is 0 Å². The number of nitrogens with zero attached hydrogens (tertiary/aromatic N) is 1. The Morgan fingerprint density at radius 3 is 2.50 bits per heavy atom. The average Bonchev–Trinajstić information content (AvgIpc) is 2.14. The van der Waals surface area contributed by atoms with Crippen molar-refractivity contribution in [1.29, 1.82) is 0 Å². The van der Waals surface area contributed by atoms with E-state index in [0.717, 1.165) is 0 Å². The predicted molar refractivity (Wildman–Crippen MR) is 58.5 cm³/mol. The highest BCUT2D eigenvalue weighted by molar-refractivity contribution is 7.65. The monoisotopic (exact) mass is 285 g/mol. The molecule has 88 valence electrons. The van der Waals surface area contributed by atoms with Crippen LogP contribution in [0.4, 0.5) is 5.82 Å². The molecule has 4 N–H and O–H groups in total. The van der Waals surface area contributed by atoms with Gasteiger partial charge in [0.15, 0.2) is 0 Å². The molecule has 1 aromatic heterocycles. The Morgan fingerprint density at radius 1 is 1.50 bits per heavy atom. The maximum absolute atomic E-state index is 10.9. The van der Waals surface area contributed by atoms with Crippen LogP contribution in [0.5, 0.6) is 0 Å². The zero-order chi connectivity index (χ0) is 12.3. The van der Waals surface area contributed by atoms with Crippen molar-refractivity contribution in [2.75, 3.05) is 5.32 Å². The first-order chi connectivity index (χ1) is 7.30. The second-order valence-electron chi connectivity index (χ2n) is 2.77. The summed E-state index contributed by atoms with van der Waals surface area (Å²) in [7, 11) is -7.81. The van der Waals surface area contributed by atoms with E-state index in [1.54, 1.807) is 0 Å². The minimum absolute atomic E-state index is 0.0510. The molecule has 0 spiro atoms. The van der Waals surface area contributed by atoms with Gasteiger partial charge in [0, 0.05) is 6.20 Å². The number of aromatic nitrogens is 1. The molecule has 1 heterocycles. The molecule has 0 radical (unpaired) electrons. The molecular weight excluding hydrogens is 277 g/mol. The van der Waals surface area contributed by atoms with E-state index >= 15 is 0 Å². The molecule has 2 atom stereocenters. The summed E-state index contributed by atoms with van der Waals surface area (Å²) in [5.74, 6) is 0.0510. The van der Waals surface area contributed by atoms with Gasteiger partial charge in [-0.1, -0.05) is 11.6 Å². The second kappa shape index (κ2) is 5.19. The smallest absolute Gasteiger partial charge is 0.320 e. The molecule has 7 nitrogen and oxygen atoms in total. The maximum atomic E-state index is 10.9. The van der Waals surface area contributed by atoms with Gasteiger partial charge in [-0.05, 0) is 16.7 Å². The quantitative estimate of drug-likeness (QED) is 0.616. The van der Waals surface area contributed by atoms with Crippen LogP contribution in [0.25, 0.3) is 0 Å². The predicted octanol–water partition coefficient (Wildman–Crippen LogP) is 1.34. The van der Waals surface area contributed by atoms with Crippen LogP contribution in [0, 0.1) is 0 Å². The van der Waals surface area contributed by atoms with Gasteiger partial charge in [0.1, 0.15) is 5.82 Å². The summed E-state index contributed by atoms with van der Waals surface area (Å²) in [6, 6.07) is 2.77. The highest BCUT2D eigenvalue weighted by Crippen LogP contribution is 2.51. The van der Waals surface area contributed by atoms with Crippen LogP contribution >= 0.6 is 27.2 Å². The van der Waals surface area contributed by atoms with Crippen LogP contribution in [0.2, 0.25) is 5.02 Å². The first kappa shape index (κ1) is 13.5. The minimum atomic E-state index is -4.73. The molecule has 0 aromatic carbocycles. The summed E-state index contributed by atoms with van der Waals surface area (Å²) < 4.78 is 21.6. The van der Waals surface area contributed by atoms with Crippen molar-refractivity contribution in [1.82, 2.24) is 4.98 Å². The van der Waals surface area contributed by atoms with E-state index in [0.29, 0.717) is 5.02 Å². The number of halogens is 1. The van der Waals surface area contributed by atoms with Gasteiger partial charge in [0.25, 0.3) is 0 Å². The summed E-state index contributed by atoms with van der Waals surface area (Å²) in [5.41, 5.74) is -1.88. The fourth-order valence-corrected chi connectivity index (χ4v) is 2.55. The van der Waals surface area contributed by atoms with Crippen molar-refractivity contribution < 1.29 is 23.8 Å². The van der Waals surface area contributed by atoms with E-state index < -0.39 is 21.1 Å². The van der Waals surface area contributed by atoms with Crippen molar-refractivity contribution in [3.8, 4) is 0 Å². The Balaban J connectivity index is 2.89. The number of anilines is 1. The largest absolute Gasteiger partial charge is 0.544 e. The van der Waals surface area contributed by atoms with E-state index in [-0.39, 0.29) is 5.82 Å². The first-order valence-corrected chi connectivity index (χ1v) is 7.23. The van der Waals surface area contributed by atoms with E-state index in [9.17, 15) is 9.13 Å². The van der Waals surface area contributed by atoms with Gasteiger partial charge in [-0.15, -0.1) is 0 Å². The lowest BCUT2D eigenvalue weighted by atomic mass is 10.5. The Kier molecular flexibility index (Phi) is 4.38. The third-order valence-electron chi connectivity index (χ3n) is 1.53. The molecule has 1 rings (SSSR count). The SMILES string of the molecule is O=[P+](O)C(Nc1ccc(Cl)cn1)P(=O)(O)O. The lowest BCUT2D eigenvalue weighted by Gasteiger charge is -2.09. The highest BCUT2D eigenvalue weighted by Gasteiger charge is 2.45. The molecule has 0 aliphatic rings. The van der Waals surface area contributed by atoms with E-state index in [1.165, 1.54) is 18.3 Å². The molecule has 0 bridgehead atoms. The minimum Gasteiger partial charge on any atom is -0.320 e. The molecule has 0 fully saturated rings. The highest BCUT2D eigenvalue weighted by atomic mass is 35.5. The van der Waals surface area contributed by atoms with Crippen molar-refractivity contribution in [3.63, 3.8) is 0 Å². The average molecular weight is 286 g/mol. The molecule has 16 heavy (non-hydrogen) atoms. The van der Waals surface area contributed by atoms with Gasteiger partial charge in [-0.25, -0.2) is 4.98 Å². The molecule has 0 aliphatic heterocycles. The molecule has 0 saturated carbocycles. The zero-order valence-electron chi connectivity index (χ0n) is 7.69. The molecular formula is C6H8ClN2O5P2+. The van der Waals surface area contributed by atoms with E-state index in [4.69, 9.17) is 26.3 Å². The number of pyridine rings is 1. The van der Waals surface area contributed by atoms with Gasteiger partial charge in [0.2, 0.25) is 0 Å². The van der Waals surface area contributed by atoms with Crippen molar-refractivity contribution in [3.05, 3.63) is 23.4 Å². The van der Waals surface area contributed by atoms with Gasteiger partial charge in [-0.2, -0.15) is 4.89 Å². The maximum Gasteiger partial charge on any atom is 0.544 e. The number of nitrogens with one attached hydrogen (secondary N) is 1. The summed E-state index contributed by atoms with van der Waals surface area (Å²) in [5, 5.41) is 2.52. The normalized spacial score (nSPS) is 14.4. The number of hydrogen-bond donors (Lipinski definition) is 4. The van der Waals surface area contributed by atoms with Crippen LogP contribution in [-0.4, -0.2) is 25.2 Å². The summed E-state index contributed by atoms with van der Waals surface area (Å²) in [6.45, 7) is 0. The van der Waals surface area contributed by atoms with E-state index in [1.807, 2.05) is 0 Å². The van der Waals surface area contributed by atoms with Gasteiger partial charge in [0.05, 0.1) is 5.02 Å². The van der Waals surface area contributed by atoms with Crippen LogP contribution in [0.15, 0.2) is 18.3 Å². The van der Waals surface area contributed by atoms with Gasteiger partial charge >= 0.3 is 21.1 Å². The van der Waals surface area contributed by atoms with Crippen LogP contribution in [0.3, 0.4) is 0 Å². The Morgan fingerprint density at radius 2 is 2.12 bits per heavy atom. The third kappa shape index (κ3) is 3.79. The third-order valence-corrected chi connectivity index (χ3v) is 4.56. The lowest BCUT2D eigenvalue weighted by molar-refractivity contribution is 0.368. The summed E-state index contributed by atoms with van der Waals surface area (Å²) in [4.78, 5) is 30.1. The molecule has 0 saturated heterocycles. The first-order valence-electron chi connectivity index (χ1n) is 3.89. The Hall–Kier alpha value is -0.550. The van der Waals surface area contributed by atoms with Gasteiger partial charge in [-0.3, -0.25) is 4.57 Å². The molecule has 0 aliphatic carbocycles. The Bertz CT molecular complexity index is 433. The molecule has 1 aromatic rings. The van der Waals surface area contributed by atoms with Crippen LogP contribution < -0.4 is 5.32 Å². The fourth-order valence-electron chi connectivity index (χ4n) is 0.861. The van der Waals surface area contributed by atoms with Gasteiger partial charge < -0.3 is 15.1 Å². The van der Waals surface area contributed by atoms with Crippen molar-refractivity contribution >= 4 is 33.0 Å². The number of hydrogen-bond acceptors (Lipinski definition) is 4.